The quantitative estimate of drug-likeness (QED) is 0.533. The lowest BCUT2D eigenvalue weighted by Crippen LogP contribution is -2.07. The predicted molar refractivity (Wildman–Crippen MR) is 44.2 cm³/mol. The van der Waals surface area contributed by atoms with Gasteiger partial charge in [-0.2, -0.15) is 4.98 Å². The zero-order chi connectivity index (χ0) is 9.14. The first-order valence-electron chi connectivity index (χ1n) is 3.42. The lowest BCUT2D eigenvalue weighted by atomic mass is 10.6. The zero-order valence-electron chi connectivity index (χ0n) is 6.81. The molecule has 0 aliphatic heterocycles. The van der Waals surface area contributed by atoms with Crippen LogP contribution in [0, 0.1) is 0 Å². The van der Waals surface area contributed by atoms with Gasteiger partial charge in [-0.3, -0.25) is 0 Å². The molecule has 0 saturated carbocycles. The number of ether oxygens (including phenoxy) is 1. The standard InChI is InChI=1S/C6H9N3O2S/c1-3-11-5(10)4-7-6(12)9(2)8-4/h3H2,1-2H3,(H,7,8,12). The first-order chi connectivity index (χ1) is 5.65. The molecule has 0 spiro atoms. The Morgan fingerprint density at radius 1 is 1.75 bits per heavy atom. The van der Waals surface area contributed by atoms with Crippen LogP contribution in [0.1, 0.15) is 17.5 Å². The van der Waals surface area contributed by atoms with Crippen LogP contribution in [-0.4, -0.2) is 27.3 Å². The summed E-state index contributed by atoms with van der Waals surface area (Å²) in [5.41, 5.74) is 0. The Morgan fingerprint density at radius 3 is 2.83 bits per heavy atom. The van der Waals surface area contributed by atoms with E-state index >= 15 is 0 Å². The Balaban J connectivity index is 2.82. The highest BCUT2D eigenvalue weighted by molar-refractivity contribution is 7.80. The molecule has 1 aromatic rings. The highest BCUT2D eigenvalue weighted by Crippen LogP contribution is 2.01. The van der Waals surface area contributed by atoms with E-state index in [1.807, 2.05) is 0 Å². The van der Waals surface area contributed by atoms with Crippen molar-refractivity contribution in [3.63, 3.8) is 0 Å². The molecule has 0 amide bonds. The van der Waals surface area contributed by atoms with Crippen molar-refractivity contribution in [2.45, 2.75) is 12.1 Å². The summed E-state index contributed by atoms with van der Waals surface area (Å²) in [6, 6.07) is 0. The van der Waals surface area contributed by atoms with Gasteiger partial charge < -0.3 is 4.74 Å². The monoisotopic (exact) mass is 187 g/mol. The fourth-order valence-electron chi connectivity index (χ4n) is 0.658. The second-order valence-corrected chi connectivity index (χ2v) is 2.48. The highest BCUT2D eigenvalue weighted by atomic mass is 32.1. The molecule has 0 aromatic carbocycles. The molecule has 0 saturated heterocycles. The highest BCUT2D eigenvalue weighted by Gasteiger charge is 2.13. The van der Waals surface area contributed by atoms with E-state index in [0.717, 1.165) is 0 Å². The number of hydrogen-bond donors (Lipinski definition) is 1. The topological polar surface area (TPSA) is 57.0 Å². The molecule has 0 aliphatic rings. The molecule has 0 fully saturated rings. The fraction of sp³-hybridized carbons (Fsp3) is 0.500. The van der Waals surface area contributed by atoms with Crippen LogP contribution in [0.4, 0.5) is 0 Å². The molecule has 1 rings (SSSR count). The molecular weight excluding hydrogens is 178 g/mol. The maximum Gasteiger partial charge on any atom is 0.378 e. The third kappa shape index (κ3) is 1.76. The largest absolute Gasteiger partial charge is 0.460 e. The van der Waals surface area contributed by atoms with Gasteiger partial charge in [-0.25, -0.2) is 9.48 Å². The van der Waals surface area contributed by atoms with Crippen molar-refractivity contribution < 1.29 is 9.53 Å². The Hall–Kier alpha value is -1.04. The molecule has 12 heavy (non-hydrogen) atoms. The lowest BCUT2D eigenvalue weighted by Gasteiger charge is -1.94. The molecule has 5 nitrogen and oxygen atoms in total. The maximum absolute atomic E-state index is 11.0. The van der Waals surface area contributed by atoms with Gasteiger partial charge in [0.1, 0.15) is 0 Å². The second kappa shape index (κ2) is 3.57. The normalized spacial score (nSPS) is 9.92. The van der Waals surface area contributed by atoms with Crippen LogP contribution < -0.4 is 0 Å². The maximum atomic E-state index is 11.0. The summed E-state index contributed by atoms with van der Waals surface area (Å²) in [4.78, 5) is 14.8. The zero-order valence-corrected chi connectivity index (χ0v) is 7.71. The van der Waals surface area contributed by atoms with Crippen LogP contribution in [0.25, 0.3) is 0 Å². The predicted octanol–water partition coefficient (Wildman–Crippen LogP) is 0.281. The van der Waals surface area contributed by atoms with E-state index in [1.165, 1.54) is 4.68 Å². The van der Waals surface area contributed by atoms with Gasteiger partial charge in [0.15, 0.2) is 5.16 Å². The number of hydrogen-bond acceptors (Lipinski definition) is 5. The summed E-state index contributed by atoms with van der Waals surface area (Å²) in [5, 5.41) is 4.17. The van der Waals surface area contributed by atoms with Gasteiger partial charge in [0, 0.05) is 7.05 Å². The van der Waals surface area contributed by atoms with Crippen LogP contribution in [0.2, 0.25) is 0 Å². The van der Waals surface area contributed by atoms with Crippen LogP contribution in [0.3, 0.4) is 0 Å². The molecule has 66 valence electrons. The molecule has 0 bridgehead atoms. The van der Waals surface area contributed by atoms with Crippen molar-refractivity contribution in [1.29, 1.82) is 0 Å². The van der Waals surface area contributed by atoms with Crippen molar-refractivity contribution in [3.05, 3.63) is 5.82 Å². The van der Waals surface area contributed by atoms with E-state index in [1.54, 1.807) is 14.0 Å². The Morgan fingerprint density at radius 2 is 2.42 bits per heavy atom. The minimum Gasteiger partial charge on any atom is -0.460 e. The summed E-state index contributed by atoms with van der Waals surface area (Å²) in [5.74, 6) is -0.474. The van der Waals surface area contributed by atoms with E-state index in [2.05, 4.69) is 27.4 Å². The van der Waals surface area contributed by atoms with E-state index in [4.69, 9.17) is 0 Å². The average Bonchev–Trinajstić information content (AvgIpc) is 2.33. The molecule has 0 N–H and O–H groups in total. The van der Waals surface area contributed by atoms with Gasteiger partial charge in [-0.05, 0) is 6.92 Å². The number of nitrogens with zero attached hydrogens (tertiary/aromatic N) is 3. The van der Waals surface area contributed by atoms with Crippen LogP contribution in [0.15, 0.2) is 5.16 Å². The van der Waals surface area contributed by atoms with Crippen molar-refractivity contribution in [1.82, 2.24) is 14.8 Å². The van der Waals surface area contributed by atoms with Crippen molar-refractivity contribution in [2.24, 2.45) is 7.05 Å². The number of aromatic nitrogens is 3. The number of carbonyl (C=O) groups is 1. The molecule has 0 aliphatic carbocycles. The molecular formula is C6H9N3O2S. The number of thiol groups is 1. The Kier molecular flexibility index (Phi) is 2.69. The molecule has 1 heterocycles. The Labute approximate surface area is 75.1 Å². The van der Waals surface area contributed by atoms with E-state index in [9.17, 15) is 4.79 Å². The molecule has 0 unspecified atom stereocenters. The van der Waals surface area contributed by atoms with Crippen LogP contribution in [-0.2, 0) is 11.8 Å². The molecule has 0 radical (unpaired) electrons. The smallest absolute Gasteiger partial charge is 0.378 e. The summed E-state index contributed by atoms with van der Waals surface area (Å²) < 4.78 is 6.08. The third-order valence-electron chi connectivity index (χ3n) is 1.20. The van der Waals surface area contributed by atoms with Gasteiger partial charge in [0.05, 0.1) is 6.61 Å². The SMILES string of the molecule is CCOC(=O)c1nc(S)n(C)n1. The molecule has 6 heteroatoms. The van der Waals surface area contributed by atoms with Gasteiger partial charge in [0.25, 0.3) is 5.82 Å². The summed E-state index contributed by atoms with van der Waals surface area (Å²) >= 11 is 3.96. The van der Waals surface area contributed by atoms with E-state index in [0.29, 0.717) is 11.8 Å². The molecule has 1 aromatic heterocycles. The minimum absolute atomic E-state index is 0.0457. The van der Waals surface area contributed by atoms with Gasteiger partial charge >= 0.3 is 5.97 Å². The van der Waals surface area contributed by atoms with Gasteiger partial charge in [-0.1, -0.05) is 0 Å². The minimum atomic E-state index is -0.520. The fourth-order valence-corrected chi connectivity index (χ4v) is 0.798. The lowest BCUT2D eigenvalue weighted by molar-refractivity contribution is 0.0511. The van der Waals surface area contributed by atoms with Gasteiger partial charge in [0.2, 0.25) is 0 Å². The van der Waals surface area contributed by atoms with Crippen molar-refractivity contribution >= 4 is 18.6 Å². The van der Waals surface area contributed by atoms with Crippen molar-refractivity contribution in [2.75, 3.05) is 6.61 Å². The number of rotatable bonds is 2. The van der Waals surface area contributed by atoms with Crippen LogP contribution >= 0.6 is 12.6 Å². The van der Waals surface area contributed by atoms with Crippen LogP contribution in [0.5, 0.6) is 0 Å². The summed E-state index contributed by atoms with van der Waals surface area (Å²) in [6.07, 6.45) is 0. The average molecular weight is 187 g/mol. The summed E-state index contributed by atoms with van der Waals surface area (Å²) in [6.45, 7) is 2.04. The number of esters is 1. The van der Waals surface area contributed by atoms with E-state index in [-0.39, 0.29) is 5.82 Å². The number of aryl methyl sites for hydroxylation is 1. The number of carbonyl (C=O) groups excluding carboxylic acids is 1. The third-order valence-corrected chi connectivity index (χ3v) is 1.59. The van der Waals surface area contributed by atoms with Crippen molar-refractivity contribution in [3.8, 4) is 0 Å². The summed E-state index contributed by atoms with van der Waals surface area (Å²) in [7, 11) is 1.65. The second-order valence-electron chi connectivity index (χ2n) is 2.08. The first-order valence-corrected chi connectivity index (χ1v) is 3.87. The molecule has 0 atom stereocenters. The Bertz CT molecular complexity index is 277. The van der Waals surface area contributed by atoms with Gasteiger partial charge in [-0.15, -0.1) is 17.7 Å². The first kappa shape index (κ1) is 9.05. The van der Waals surface area contributed by atoms with E-state index < -0.39 is 5.97 Å².